The maximum atomic E-state index is 9.03. The van der Waals surface area contributed by atoms with E-state index in [1.165, 1.54) is 0 Å². The molecule has 0 radical (unpaired) electrons. The lowest BCUT2D eigenvalue weighted by molar-refractivity contribution is -0.180. The summed E-state index contributed by atoms with van der Waals surface area (Å²) in [7, 11) is 0. The summed E-state index contributed by atoms with van der Waals surface area (Å²) < 4.78 is 11.1. The van der Waals surface area contributed by atoms with Crippen LogP contribution in [-0.2, 0) is 18.0 Å². The van der Waals surface area contributed by atoms with E-state index < -0.39 is 5.79 Å². The van der Waals surface area contributed by atoms with E-state index in [0.29, 0.717) is 17.4 Å². The fraction of sp³-hybridized carbons (Fsp3) is 0.455. The van der Waals surface area contributed by atoms with Gasteiger partial charge in [0.2, 0.25) is 5.79 Å². The summed E-state index contributed by atoms with van der Waals surface area (Å²) in [4.78, 5) is 0. The smallest absolute Gasteiger partial charge is 0.205 e. The molecule has 0 amide bonds. The molecule has 1 heterocycles. The monoisotopic (exact) mass is 228 g/mol. The zero-order valence-corrected chi connectivity index (χ0v) is 9.47. The molecule has 15 heavy (non-hydrogen) atoms. The Labute approximate surface area is 93.6 Å². The Morgan fingerprint density at radius 3 is 2.87 bits per heavy atom. The minimum absolute atomic E-state index is 0.0314. The highest BCUT2D eigenvalue weighted by molar-refractivity contribution is 6.32. The van der Waals surface area contributed by atoms with E-state index >= 15 is 0 Å². The third kappa shape index (κ3) is 2.09. The number of aliphatic hydroxyl groups excluding tert-OH is 1. The van der Waals surface area contributed by atoms with Crippen LogP contribution in [0.5, 0.6) is 5.75 Å². The third-order valence-electron chi connectivity index (χ3n) is 2.29. The molecule has 0 saturated heterocycles. The molecule has 4 heteroatoms. The van der Waals surface area contributed by atoms with Crippen LogP contribution < -0.4 is 4.74 Å². The minimum Gasteiger partial charge on any atom is -0.461 e. The second kappa shape index (κ2) is 3.67. The normalized spacial score (nSPS) is 18.1. The van der Waals surface area contributed by atoms with Crippen LogP contribution in [0.2, 0.25) is 5.02 Å². The molecule has 1 N–H and O–H groups in total. The second-order valence-electron chi connectivity index (χ2n) is 4.01. The first-order chi connectivity index (χ1) is 7.02. The predicted molar refractivity (Wildman–Crippen MR) is 56.9 cm³/mol. The minimum atomic E-state index is -0.641. The summed E-state index contributed by atoms with van der Waals surface area (Å²) >= 11 is 6.06. The van der Waals surface area contributed by atoms with Gasteiger partial charge in [0.1, 0.15) is 5.75 Å². The number of fused-ring (bicyclic) bond motifs is 1. The molecular weight excluding hydrogens is 216 g/mol. The first-order valence-corrected chi connectivity index (χ1v) is 5.15. The molecule has 2 rings (SSSR count). The quantitative estimate of drug-likeness (QED) is 0.803. The number of hydrogen-bond donors (Lipinski definition) is 1. The topological polar surface area (TPSA) is 38.7 Å². The van der Waals surface area contributed by atoms with Gasteiger partial charge < -0.3 is 14.6 Å². The van der Waals surface area contributed by atoms with Crippen molar-refractivity contribution >= 4 is 11.6 Å². The number of halogens is 1. The van der Waals surface area contributed by atoms with Crippen LogP contribution in [0.1, 0.15) is 25.0 Å². The molecule has 3 nitrogen and oxygen atoms in total. The highest BCUT2D eigenvalue weighted by Crippen LogP contribution is 2.37. The molecule has 0 aliphatic carbocycles. The van der Waals surface area contributed by atoms with Gasteiger partial charge in [0.15, 0.2) is 0 Å². The predicted octanol–water partition coefficient (Wildman–Crippen LogP) is 2.48. The van der Waals surface area contributed by atoms with Gasteiger partial charge in [0.25, 0.3) is 0 Å². The number of rotatable bonds is 1. The van der Waals surface area contributed by atoms with Crippen molar-refractivity contribution in [2.45, 2.75) is 32.8 Å². The maximum Gasteiger partial charge on any atom is 0.205 e. The molecule has 0 fully saturated rings. The van der Waals surface area contributed by atoms with Crippen LogP contribution >= 0.6 is 11.6 Å². The van der Waals surface area contributed by atoms with Crippen LogP contribution in [0.25, 0.3) is 0 Å². The van der Waals surface area contributed by atoms with Crippen LogP contribution in [0.15, 0.2) is 12.1 Å². The van der Waals surface area contributed by atoms with Gasteiger partial charge in [-0.2, -0.15) is 0 Å². The molecule has 1 aliphatic heterocycles. The molecular formula is C11H13ClO3. The van der Waals surface area contributed by atoms with Crippen molar-refractivity contribution < 1.29 is 14.6 Å². The van der Waals surface area contributed by atoms with Gasteiger partial charge in [-0.1, -0.05) is 11.6 Å². The van der Waals surface area contributed by atoms with Crippen molar-refractivity contribution in [2.75, 3.05) is 0 Å². The lowest BCUT2D eigenvalue weighted by Gasteiger charge is -2.33. The van der Waals surface area contributed by atoms with Crippen molar-refractivity contribution in [1.82, 2.24) is 0 Å². The van der Waals surface area contributed by atoms with Gasteiger partial charge >= 0.3 is 0 Å². The van der Waals surface area contributed by atoms with Crippen LogP contribution in [-0.4, -0.2) is 10.9 Å². The van der Waals surface area contributed by atoms with E-state index in [1.807, 2.05) is 19.9 Å². The Morgan fingerprint density at radius 2 is 2.20 bits per heavy atom. The summed E-state index contributed by atoms with van der Waals surface area (Å²) in [6.45, 7) is 4.10. The number of benzene rings is 1. The summed E-state index contributed by atoms with van der Waals surface area (Å²) in [6, 6.07) is 3.55. The van der Waals surface area contributed by atoms with Gasteiger partial charge in [-0.15, -0.1) is 0 Å². The third-order valence-corrected chi connectivity index (χ3v) is 2.57. The maximum absolute atomic E-state index is 9.03. The summed E-state index contributed by atoms with van der Waals surface area (Å²) in [5.74, 6) is 0.0160. The first kappa shape index (κ1) is 10.7. The summed E-state index contributed by atoms with van der Waals surface area (Å²) in [5, 5.41) is 9.55. The average molecular weight is 229 g/mol. The Bertz CT molecular complexity index is 388. The molecule has 0 saturated carbocycles. The second-order valence-corrected chi connectivity index (χ2v) is 4.42. The van der Waals surface area contributed by atoms with Gasteiger partial charge in [0.05, 0.1) is 18.2 Å². The Balaban J connectivity index is 2.44. The zero-order chi connectivity index (χ0) is 11.1. The molecule has 0 unspecified atom stereocenters. The van der Waals surface area contributed by atoms with E-state index in [4.69, 9.17) is 26.2 Å². The number of aliphatic hydroxyl groups is 1. The molecule has 0 atom stereocenters. The van der Waals surface area contributed by atoms with Crippen molar-refractivity contribution in [3.05, 3.63) is 28.3 Å². The fourth-order valence-electron chi connectivity index (χ4n) is 1.55. The Kier molecular flexibility index (Phi) is 2.63. The van der Waals surface area contributed by atoms with Gasteiger partial charge in [-0.3, -0.25) is 0 Å². The van der Waals surface area contributed by atoms with Crippen LogP contribution in [0.3, 0.4) is 0 Å². The van der Waals surface area contributed by atoms with Crippen molar-refractivity contribution in [1.29, 1.82) is 0 Å². The highest BCUT2D eigenvalue weighted by atomic mass is 35.5. The number of ether oxygens (including phenoxy) is 2. The van der Waals surface area contributed by atoms with E-state index in [0.717, 1.165) is 11.1 Å². The largest absolute Gasteiger partial charge is 0.461 e. The molecule has 0 aromatic heterocycles. The van der Waals surface area contributed by atoms with E-state index in [-0.39, 0.29) is 6.61 Å². The average Bonchev–Trinajstić information content (AvgIpc) is 2.18. The Hall–Kier alpha value is -0.770. The summed E-state index contributed by atoms with van der Waals surface area (Å²) in [6.07, 6.45) is 0. The molecule has 1 aliphatic rings. The lowest BCUT2D eigenvalue weighted by Crippen LogP contribution is -2.35. The molecule has 1 aromatic rings. The Morgan fingerprint density at radius 1 is 1.47 bits per heavy atom. The zero-order valence-electron chi connectivity index (χ0n) is 8.71. The lowest BCUT2D eigenvalue weighted by atomic mass is 10.1. The van der Waals surface area contributed by atoms with Crippen molar-refractivity contribution in [3.8, 4) is 5.75 Å². The molecule has 1 aromatic carbocycles. The fourth-order valence-corrected chi connectivity index (χ4v) is 1.85. The van der Waals surface area contributed by atoms with Crippen LogP contribution in [0, 0.1) is 0 Å². The van der Waals surface area contributed by atoms with Crippen LogP contribution in [0.4, 0.5) is 0 Å². The molecule has 0 spiro atoms. The van der Waals surface area contributed by atoms with E-state index in [2.05, 4.69) is 0 Å². The van der Waals surface area contributed by atoms with E-state index in [9.17, 15) is 0 Å². The van der Waals surface area contributed by atoms with Gasteiger partial charge in [-0.25, -0.2) is 0 Å². The molecule has 0 bridgehead atoms. The van der Waals surface area contributed by atoms with Gasteiger partial charge in [-0.05, 0) is 17.7 Å². The number of hydrogen-bond acceptors (Lipinski definition) is 3. The van der Waals surface area contributed by atoms with E-state index in [1.54, 1.807) is 6.07 Å². The standard InChI is InChI=1S/C11H13ClO3/c1-11(2)14-6-8-3-7(5-13)4-9(12)10(8)15-11/h3-4,13H,5-6H2,1-2H3. The molecule has 82 valence electrons. The SMILES string of the molecule is CC1(C)OCc2cc(CO)cc(Cl)c2O1. The first-order valence-electron chi connectivity index (χ1n) is 4.77. The highest BCUT2D eigenvalue weighted by Gasteiger charge is 2.29. The summed E-state index contributed by atoms with van der Waals surface area (Å²) in [5.41, 5.74) is 1.65. The van der Waals surface area contributed by atoms with Crippen molar-refractivity contribution in [3.63, 3.8) is 0 Å². The van der Waals surface area contributed by atoms with Crippen molar-refractivity contribution in [2.24, 2.45) is 0 Å². The van der Waals surface area contributed by atoms with Gasteiger partial charge in [0, 0.05) is 19.4 Å².